The Morgan fingerprint density at radius 2 is 2.25 bits per heavy atom. The molecule has 4 nitrogen and oxygen atoms in total. The molecule has 0 bridgehead atoms. The van der Waals surface area contributed by atoms with Gasteiger partial charge in [-0.25, -0.2) is 0 Å². The van der Waals surface area contributed by atoms with Gasteiger partial charge in [-0.1, -0.05) is 0 Å². The van der Waals surface area contributed by atoms with Gasteiger partial charge in [-0.15, -0.1) is 0 Å². The number of nitrogens with one attached hydrogen (secondary N) is 2. The average molecular weight is 166 g/mol. The van der Waals surface area contributed by atoms with Crippen LogP contribution in [0.1, 0.15) is 5.56 Å². The van der Waals surface area contributed by atoms with Gasteiger partial charge in [0.15, 0.2) is 0 Å². The van der Waals surface area contributed by atoms with E-state index in [1.165, 1.54) is 5.56 Å². The van der Waals surface area contributed by atoms with Crippen LogP contribution in [0.2, 0.25) is 0 Å². The zero-order valence-corrected chi connectivity index (χ0v) is 7.08. The Morgan fingerprint density at radius 3 is 2.92 bits per heavy atom. The summed E-state index contributed by atoms with van der Waals surface area (Å²) in [6, 6.07) is 0. The number of hydrogen-bond acceptors (Lipinski definition) is 3. The third kappa shape index (κ3) is 1.84. The summed E-state index contributed by atoms with van der Waals surface area (Å²) in [5, 5.41) is 10.1. The molecular formula is C8H14N4. The van der Waals surface area contributed by atoms with Crippen LogP contribution in [-0.4, -0.2) is 41.3 Å². The predicted molar refractivity (Wildman–Crippen MR) is 46.7 cm³/mol. The van der Waals surface area contributed by atoms with Crippen molar-refractivity contribution in [1.29, 1.82) is 0 Å². The van der Waals surface area contributed by atoms with Crippen molar-refractivity contribution in [3.63, 3.8) is 0 Å². The lowest BCUT2D eigenvalue weighted by molar-refractivity contribution is 0.233. The summed E-state index contributed by atoms with van der Waals surface area (Å²) in [4.78, 5) is 2.43. The van der Waals surface area contributed by atoms with Crippen LogP contribution in [-0.2, 0) is 6.54 Å². The summed E-state index contributed by atoms with van der Waals surface area (Å²) in [7, 11) is 0. The van der Waals surface area contributed by atoms with Gasteiger partial charge in [0.2, 0.25) is 0 Å². The average Bonchev–Trinajstić information content (AvgIpc) is 2.59. The summed E-state index contributed by atoms with van der Waals surface area (Å²) >= 11 is 0. The van der Waals surface area contributed by atoms with E-state index in [0.717, 1.165) is 32.7 Å². The van der Waals surface area contributed by atoms with Crippen molar-refractivity contribution < 1.29 is 0 Å². The molecular weight excluding hydrogens is 152 g/mol. The number of aromatic nitrogens is 2. The number of nitrogens with zero attached hydrogens (tertiary/aromatic N) is 2. The number of aromatic amines is 1. The summed E-state index contributed by atoms with van der Waals surface area (Å²) in [6.45, 7) is 5.53. The van der Waals surface area contributed by atoms with Crippen molar-refractivity contribution in [3.05, 3.63) is 18.0 Å². The standard InChI is InChI=1S/C8H14N4/c1-3-12(4-2-9-1)7-8-5-10-11-6-8/h5-6,9H,1-4,7H2,(H,10,11). The van der Waals surface area contributed by atoms with Crippen molar-refractivity contribution in [3.8, 4) is 0 Å². The molecule has 4 heteroatoms. The molecule has 66 valence electrons. The molecule has 1 saturated heterocycles. The minimum atomic E-state index is 1.03. The minimum Gasteiger partial charge on any atom is -0.314 e. The fraction of sp³-hybridized carbons (Fsp3) is 0.625. The maximum absolute atomic E-state index is 3.92. The van der Waals surface area contributed by atoms with Crippen LogP contribution >= 0.6 is 0 Å². The van der Waals surface area contributed by atoms with Crippen LogP contribution < -0.4 is 5.32 Å². The van der Waals surface area contributed by atoms with E-state index in [9.17, 15) is 0 Å². The van der Waals surface area contributed by atoms with E-state index in [0.29, 0.717) is 0 Å². The number of hydrogen-bond donors (Lipinski definition) is 2. The van der Waals surface area contributed by atoms with Crippen LogP contribution in [0, 0.1) is 0 Å². The maximum atomic E-state index is 3.92. The molecule has 2 rings (SSSR count). The number of rotatable bonds is 2. The van der Waals surface area contributed by atoms with Crippen LogP contribution in [0.3, 0.4) is 0 Å². The molecule has 12 heavy (non-hydrogen) atoms. The molecule has 0 spiro atoms. The second-order valence-corrected chi connectivity index (χ2v) is 3.13. The highest BCUT2D eigenvalue weighted by Gasteiger charge is 2.09. The molecule has 0 aromatic carbocycles. The van der Waals surface area contributed by atoms with Crippen molar-refractivity contribution in [2.45, 2.75) is 6.54 Å². The lowest BCUT2D eigenvalue weighted by Gasteiger charge is -2.26. The zero-order valence-electron chi connectivity index (χ0n) is 7.08. The van der Waals surface area contributed by atoms with Gasteiger partial charge in [-0.3, -0.25) is 10.00 Å². The molecule has 1 aliphatic rings. The third-order valence-corrected chi connectivity index (χ3v) is 2.17. The second-order valence-electron chi connectivity index (χ2n) is 3.13. The Morgan fingerprint density at radius 1 is 1.42 bits per heavy atom. The summed E-state index contributed by atoms with van der Waals surface area (Å²) in [5.74, 6) is 0. The van der Waals surface area contributed by atoms with Gasteiger partial charge in [-0.05, 0) is 0 Å². The predicted octanol–water partition coefficient (Wildman–Crippen LogP) is -0.185. The highest BCUT2D eigenvalue weighted by Crippen LogP contribution is 2.01. The van der Waals surface area contributed by atoms with Crippen LogP contribution in [0.25, 0.3) is 0 Å². The molecule has 2 heterocycles. The molecule has 2 N–H and O–H groups in total. The molecule has 0 saturated carbocycles. The maximum Gasteiger partial charge on any atom is 0.0532 e. The Labute approximate surface area is 72.0 Å². The number of H-pyrrole nitrogens is 1. The quantitative estimate of drug-likeness (QED) is 0.640. The SMILES string of the molecule is c1n[nH]cc1CN1CCNCC1. The van der Waals surface area contributed by atoms with Crippen molar-refractivity contribution in [2.24, 2.45) is 0 Å². The highest BCUT2D eigenvalue weighted by molar-refractivity contribution is 5.02. The van der Waals surface area contributed by atoms with E-state index in [-0.39, 0.29) is 0 Å². The Hall–Kier alpha value is -0.870. The third-order valence-electron chi connectivity index (χ3n) is 2.17. The van der Waals surface area contributed by atoms with Crippen LogP contribution in [0.15, 0.2) is 12.4 Å². The smallest absolute Gasteiger partial charge is 0.0532 e. The molecule has 0 atom stereocenters. The monoisotopic (exact) mass is 166 g/mol. The lowest BCUT2D eigenvalue weighted by atomic mass is 10.3. The fourth-order valence-corrected chi connectivity index (χ4v) is 1.49. The topological polar surface area (TPSA) is 44.0 Å². The molecule has 1 aromatic heterocycles. The first-order chi connectivity index (χ1) is 5.95. The van der Waals surface area contributed by atoms with Gasteiger partial charge in [-0.2, -0.15) is 5.10 Å². The largest absolute Gasteiger partial charge is 0.314 e. The van der Waals surface area contributed by atoms with Gasteiger partial charge < -0.3 is 5.32 Å². The first kappa shape index (κ1) is 7.76. The molecule has 0 radical (unpaired) electrons. The van der Waals surface area contributed by atoms with E-state index in [1.54, 1.807) is 0 Å². The first-order valence-electron chi connectivity index (χ1n) is 4.36. The van der Waals surface area contributed by atoms with Crippen molar-refractivity contribution >= 4 is 0 Å². The van der Waals surface area contributed by atoms with Gasteiger partial charge in [0.25, 0.3) is 0 Å². The Bertz CT molecular complexity index is 213. The Balaban J connectivity index is 1.86. The van der Waals surface area contributed by atoms with Gasteiger partial charge >= 0.3 is 0 Å². The molecule has 1 aliphatic heterocycles. The minimum absolute atomic E-state index is 1.03. The summed E-state index contributed by atoms with van der Waals surface area (Å²) in [5.41, 5.74) is 1.27. The van der Waals surface area contributed by atoms with Crippen LogP contribution in [0.5, 0.6) is 0 Å². The zero-order chi connectivity index (χ0) is 8.23. The highest BCUT2D eigenvalue weighted by atomic mass is 15.2. The lowest BCUT2D eigenvalue weighted by Crippen LogP contribution is -2.42. The van der Waals surface area contributed by atoms with Crippen molar-refractivity contribution in [1.82, 2.24) is 20.4 Å². The van der Waals surface area contributed by atoms with E-state index < -0.39 is 0 Å². The number of piperazine rings is 1. The normalized spacial score (nSPS) is 19.7. The summed E-state index contributed by atoms with van der Waals surface area (Å²) < 4.78 is 0. The molecule has 1 aromatic rings. The van der Waals surface area contributed by atoms with E-state index in [2.05, 4.69) is 20.4 Å². The van der Waals surface area contributed by atoms with E-state index in [4.69, 9.17) is 0 Å². The molecule has 0 unspecified atom stereocenters. The van der Waals surface area contributed by atoms with Crippen LogP contribution in [0.4, 0.5) is 0 Å². The van der Waals surface area contributed by atoms with E-state index >= 15 is 0 Å². The Kier molecular flexibility index (Phi) is 2.39. The van der Waals surface area contributed by atoms with Gasteiger partial charge in [0, 0.05) is 44.5 Å². The second kappa shape index (κ2) is 3.69. The van der Waals surface area contributed by atoms with Gasteiger partial charge in [0.1, 0.15) is 0 Å². The fourth-order valence-electron chi connectivity index (χ4n) is 1.49. The molecule has 0 aliphatic carbocycles. The van der Waals surface area contributed by atoms with Crippen molar-refractivity contribution in [2.75, 3.05) is 26.2 Å². The van der Waals surface area contributed by atoms with E-state index in [1.807, 2.05) is 12.4 Å². The molecule has 0 amide bonds. The summed E-state index contributed by atoms with van der Waals surface area (Å²) in [6.07, 6.45) is 3.85. The molecule has 1 fully saturated rings. The first-order valence-corrected chi connectivity index (χ1v) is 4.36. The van der Waals surface area contributed by atoms with Gasteiger partial charge in [0.05, 0.1) is 6.20 Å².